The van der Waals surface area contributed by atoms with Crippen molar-refractivity contribution in [1.29, 1.82) is 0 Å². The van der Waals surface area contributed by atoms with Crippen LogP contribution in [0.4, 0.5) is 11.4 Å². The Bertz CT molecular complexity index is 1160. The van der Waals surface area contributed by atoms with Crippen LogP contribution in [0, 0.1) is 24.0 Å². The van der Waals surface area contributed by atoms with Gasteiger partial charge in [0.05, 0.1) is 4.92 Å². The maximum absolute atomic E-state index is 12.7. The molecule has 158 valence electrons. The van der Waals surface area contributed by atoms with Gasteiger partial charge in [-0.1, -0.05) is 36.4 Å². The van der Waals surface area contributed by atoms with Gasteiger partial charge in [0.25, 0.3) is 11.6 Å². The van der Waals surface area contributed by atoms with Gasteiger partial charge in [-0.15, -0.1) is 5.10 Å². The van der Waals surface area contributed by atoms with Gasteiger partial charge in [-0.2, -0.15) is 4.68 Å². The number of benzene rings is 2. The quantitative estimate of drug-likeness (QED) is 0.265. The summed E-state index contributed by atoms with van der Waals surface area (Å²) < 4.78 is 6.30. The maximum atomic E-state index is 12.7. The first kappa shape index (κ1) is 21.3. The van der Waals surface area contributed by atoms with Crippen LogP contribution in [-0.2, 0) is 14.3 Å². The van der Waals surface area contributed by atoms with E-state index in [2.05, 4.69) is 20.8 Å². The van der Waals surface area contributed by atoms with Crippen molar-refractivity contribution >= 4 is 35.0 Å². The highest BCUT2D eigenvalue weighted by molar-refractivity contribution is 6.15. The van der Waals surface area contributed by atoms with E-state index < -0.39 is 23.4 Å². The van der Waals surface area contributed by atoms with Crippen LogP contribution < -0.4 is 5.32 Å². The number of hydrogen-bond acceptors (Lipinski definition) is 8. The molecule has 0 radical (unpaired) electrons. The molecule has 0 aliphatic carbocycles. The van der Waals surface area contributed by atoms with E-state index in [0.29, 0.717) is 17.0 Å². The molecule has 1 amide bonds. The predicted octanol–water partition coefficient (Wildman–Crippen LogP) is 2.38. The lowest BCUT2D eigenvalue weighted by molar-refractivity contribution is -0.384. The molecule has 2 aromatic carbocycles. The van der Waals surface area contributed by atoms with E-state index in [1.54, 1.807) is 44.2 Å². The smallest absolute Gasteiger partial charge is 0.357 e. The monoisotopic (exact) mass is 422 g/mol. The lowest BCUT2D eigenvalue weighted by Crippen LogP contribution is -2.23. The first-order valence-corrected chi connectivity index (χ1v) is 9.09. The molecule has 0 spiro atoms. The highest BCUT2D eigenvalue weighted by atomic mass is 16.6. The van der Waals surface area contributed by atoms with Crippen molar-refractivity contribution in [3.8, 4) is 0 Å². The number of esters is 1. The molecular formula is C20H18N6O5. The third kappa shape index (κ3) is 5.35. The number of nitrogens with zero attached hydrogens (tertiary/aromatic N) is 5. The number of carbonyl (C=O) groups is 2. The molecule has 1 N–H and O–H groups in total. The molecule has 31 heavy (non-hydrogen) atoms. The van der Waals surface area contributed by atoms with Gasteiger partial charge in [-0.05, 0) is 47.5 Å². The Kier molecular flexibility index (Phi) is 6.45. The van der Waals surface area contributed by atoms with Crippen LogP contribution in [0.3, 0.4) is 0 Å². The largest absolute Gasteiger partial charge is 0.451 e. The molecule has 0 saturated heterocycles. The molecule has 0 atom stereocenters. The predicted molar refractivity (Wildman–Crippen MR) is 111 cm³/mol. The fourth-order valence-corrected chi connectivity index (χ4v) is 2.66. The lowest BCUT2D eigenvalue weighted by atomic mass is 10.2. The van der Waals surface area contributed by atoms with E-state index in [4.69, 9.17) is 4.74 Å². The Hall–Kier alpha value is -4.41. The molecule has 3 rings (SSSR count). The Morgan fingerprint density at radius 2 is 1.94 bits per heavy atom. The van der Waals surface area contributed by atoms with Crippen LogP contribution in [-0.4, -0.2) is 43.6 Å². The Labute approximate surface area is 176 Å². The van der Waals surface area contributed by atoms with Gasteiger partial charge in [-0.25, -0.2) is 4.79 Å². The Morgan fingerprint density at radius 3 is 2.58 bits per heavy atom. The molecule has 11 nitrogen and oxygen atoms in total. The minimum absolute atomic E-state index is 0.00261. The standard InChI is InChI=1S/C20H18N6O5/c1-13-8-9-16(17(10-13)26(29)30)21-19(27)12-31-20(28)18(25-14(2)22-23-24-25)11-15-6-4-3-5-7-15/h3-11H,12H2,1-2H3,(H,21,27)/b18-11+. The molecule has 0 unspecified atom stereocenters. The van der Waals surface area contributed by atoms with E-state index in [1.807, 2.05) is 6.07 Å². The van der Waals surface area contributed by atoms with Crippen molar-refractivity contribution in [3.05, 3.63) is 75.6 Å². The molecular weight excluding hydrogens is 404 g/mol. The first-order chi connectivity index (χ1) is 14.8. The summed E-state index contributed by atoms with van der Waals surface area (Å²) in [5, 5.41) is 24.6. The lowest BCUT2D eigenvalue weighted by Gasteiger charge is -2.10. The van der Waals surface area contributed by atoms with Crippen molar-refractivity contribution < 1.29 is 19.2 Å². The van der Waals surface area contributed by atoms with Crippen LogP contribution in [0.25, 0.3) is 11.8 Å². The van der Waals surface area contributed by atoms with Crippen molar-refractivity contribution in [3.63, 3.8) is 0 Å². The summed E-state index contributed by atoms with van der Waals surface area (Å²) in [7, 11) is 0. The zero-order valence-corrected chi connectivity index (χ0v) is 16.7. The van der Waals surface area contributed by atoms with Gasteiger partial charge in [0.2, 0.25) is 0 Å². The molecule has 0 aliphatic rings. The number of tetrazole rings is 1. The second kappa shape index (κ2) is 9.39. The number of anilines is 1. The number of aryl methyl sites for hydroxylation is 2. The molecule has 0 bridgehead atoms. The number of aromatic nitrogens is 4. The summed E-state index contributed by atoms with van der Waals surface area (Å²) in [5.74, 6) is -1.22. The van der Waals surface area contributed by atoms with Gasteiger partial charge < -0.3 is 10.1 Å². The summed E-state index contributed by atoms with van der Waals surface area (Å²) in [4.78, 5) is 35.5. The number of amides is 1. The number of carbonyl (C=O) groups excluding carboxylic acids is 2. The van der Waals surface area contributed by atoms with Crippen molar-refractivity contribution in [2.45, 2.75) is 13.8 Å². The first-order valence-electron chi connectivity index (χ1n) is 9.09. The molecule has 1 heterocycles. The van der Waals surface area contributed by atoms with E-state index in [-0.39, 0.29) is 17.1 Å². The summed E-state index contributed by atoms with van der Waals surface area (Å²) in [5.41, 5.74) is 1.12. The normalized spacial score (nSPS) is 11.1. The van der Waals surface area contributed by atoms with Crippen molar-refractivity contribution in [1.82, 2.24) is 20.2 Å². The average Bonchev–Trinajstić information content (AvgIpc) is 3.17. The Balaban J connectivity index is 1.75. The van der Waals surface area contributed by atoms with Crippen LogP contribution >= 0.6 is 0 Å². The third-order valence-electron chi connectivity index (χ3n) is 4.12. The van der Waals surface area contributed by atoms with Crippen LogP contribution in [0.1, 0.15) is 17.0 Å². The summed E-state index contributed by atoms with van der Waals surface area (Å²) in [6, 6.07) is 13.3. The number of ether oxygens (including phenoxy) is 1. The van der Waals surface area contributed by atoms with Crippen molar-refractivity contribution in [2.75, 3.05) is 11.9 Å². The molecule has 0 fully saturated rings. The van der Waals surface area contributed by atoms with Gasteiger partial charge >= 0.3 is 5.97 Å². The highest BCUT2D eigenvalue weighted by Gasteiger charge is 2.20. The van der Waals surface area contributed by atoms with Crippen LogP contribution in [0.5, 0.6) is 0 Å². The van der Waals surface area contributed by atoms with Gasteiger partial charge in [0.1, 0.15) is 5.69 Å². The maximum Gasteiger partial charge on any atom is 0.357 e. The third-order valence-corrected chi connectivity index (χ3v) is 4.12. The average molecular weight is 422 g/mol. The zero-order valence-electron chi connectivity index (χ0n) is 16.7. The number of hydrogen-bond donors (Lipinski definition) is 1. The van der Waals surface area contributed by atoms with Crippen LogP contribution in [0.2, 0.25) is 0 Å². The fraction of sp³-hybridized carbons (Fsp3) is 0.150. The zero-order chi connectivity index (χ0) is 22.4. The molecule has 0 aliphatic heterocycles. The van der Waals surface area contributed by atoms with Gasteiger partial charge in [0.15, 0.2) is 18.1 Å². The number of rotatable bonds is 7. The van der Waals surface area contributed by atoms with E-state index in [0.717, 1.165) is 0 Å². The molecule has 3 aromatic rings. The minimum Gasteiger partial charge on any atom is -0.451 e. The topological polar surface area (TPSA) is 142 Å². The van der Waals surface area contributed by atoms with Crippen molar-refractivity contribution in [2.24, 2.45) is 0 Å². The number of nitrogens with one attached hydrogen (secondary N) is 1. The minimum atomic E-state index is -0.840. The van der Waals surface area contributed by atoms with E-state index in [9.17, 15) is 19.7 Å². The molecule has 11 heteroatoms. The summed E-state index contributed by atoms with van der Waals surface area (Å²) >= 11 is 0. The molecule has 0 saturated carbocycles. The Morgan fingerprint density at radius 1 is 1.19 bits per heavy atom. The van der Waals surface area contributed by atoms with Gasteiger partial charge in [0, 0.05) is 6.07 Å². The van der Waals surface area contributed by atoms with E-state index >= 15 is 0 Å². The van der Waals surface area contributed by atoms with Gasteiger partial charge in [-0.3, -0.25) is 14.9 Å². The number of nitro groups is 1. The van der Waals surface area contributed by atoms with E-state index in [1.165, 1.54) is 22.9 Å². The summed E-state index contributed by atoms with van der Waals surface area (Å²) in [6.45, 7) is 2.65. The fourth-order valence-electron chi connectivity index (χ4n) is 2.66. The number of nitro benzene ring substituents is 1. The highest BCUT2D eigenvalue weighted by Crippen LogP contribution is 2.25. The summed E-state index contributed by atoms with van der Waals surface area (Å²) in [6.07, 6.45) is 1.52. The second-order valence-electron chi connectivity index (χ2n) is 6.48. The second-order valence-corrected chi connectivity index (χ2v) is 6.48. The van der Waals surface area contributed by atoms with Crippen LogP contribution in [0.15, 0.2) is 48.5 Å². The molecule has 1 aromatic heterocycles. The SMILES string of the molecule is Cc1ccc(NC(=O)COC(=O)/C(=C\c2ccccc2)n2nnnc2C)c([N+](=O)[O-])c1.